The number of rotatable bonds is 1. The molecule has 2 N–H and O–H groups in total. The van der Waals surface area contributed by atoms with Crippen molar-refractivity contribution in [3.05, 3.63) is 33.8 Å². The molecule has 1 nitrogen and oxygen atoms in total. The Balaban J connectivity index is 2.43. The zero-order chi connectivity index (χ0) is 9.59. The molecule has 13 heavy (non-hydrogen) atoms. The summed E-state index contributed by atoms with van der Waals surface area (Å²) >= 11 is 2.92. The Morgan fingerprint density at radius 1 is 1.31 bits per heavy atom. The lowest BCUT2D eigenvalue weighted by molar-refractivity contribution is 0.494. The summed E-state index contributed by atoms with van der Waals surface area (Å²) in [5, 5.41) is 0. The number of nitrogens with two attached hydrogens (primary N) is 1. The third-order valence-electron chi connectivity index (χ3n) is 2.30. The fourth-order valence-corrected chi connectivity index (χ4v) is 1.71. The standard InChI is InChI=1S/C9H8BrF2N/c10-6-2-1-4(5-3-7(5)13)8(11)9(6)12/h1-2,5,7H,3,13H2/t5-,7+/m0/s1. The van der Waals surface area contributed by atoms with Crippen molar-refractivity contribution >= 4 is 15.9 Å². The van der Waals surface area contributed by atoms with Crippen LogP contribution in [0.3, 0.4) is 0 Å². The molecule has 0 heterocycles. The summed E-state index contributed by atoms with van der Waals surface area (Å²) in [5.41, 5.74) is 5.95. The van der Waals surface area contributed by atoms with Crippen molar-refractivity contribution < 1.29 is 8.78 Å². The van der Waals surface area contributed by atoms with Crippen LogP contribution in [0.15, 0.2) is 16.6 Å². The van der Waals surface area contributed by atoms with Crippen molar-refractivity contribution in [2.75, 3.05) is 0 Å². The number of hydrogen-bond acceptors (Lipinski definition) is 1. The monoisotopic (exact) mass is 247 g/mol. The van der Waals surface area contributed by atoms with Gasteiger partial charge in [-0.2, -0.15) is 0 Å². The Hall–Kier alpha value is -0.480. The van der Waals surface area contributed by atoms with Gasteiger partial charge in [-0.3, -0.25) is 0 Å². The number of halogens is 3. The predicted octanol–water partition coefficient (Wildman–Crippen LogP) is 2.54. The summed E-state index contributed by atoms with van der Waals surface area (Å²) in [6.45, 7) is 0. The summed E-state index contributed by atoms with van der Waals surface area (Å²) in [7, 11) is 0. The first-order valence-corrected chi connectivity index (χ1v) is 4.79. The molecule has 1 aromatic carbocycles. The van der Waals surface area contributed by atoms with Gasteiger partial charge in [0.25, 0.3) is 0 Å². The first-order chi connectivity index (χ1) is 6.11. The van der Waals surface area contributed by atoms with Crippen LogP contribution in [-0.2, 0) is 0 Å². The molecular formula is C9H8BrF2N. The minimum absolute atomic E-state index is 0.00241. The van der Waals surface area contributed by atoms with Crippen LogP contribution in [0, 0.1) is 11.6 Å². The Labute approximate surface area is 83.1 Å². The SMILES string of the molecule is N[C@@H]1C[C@H]1c1ccc(Br)c(F)c1F. The third kappa shape index (κ3) is 1.48. The van der Waals surface area contributed by atoms with Gasteiger partial charge in [0.2, 0.25) is 0 Å². The van der Waals surface area contributed by atoms with Crippen LogP contribution in [0.25, 0.3) is 0 Å². The van der Waals surface area contributed by atoms with Gasteiger partial charge >= 0.3 is 0 Å². The van der Waals surface area contributed by atoms with Crippen molar-refractivity contribution in [2.45, 2.75) is 18.4 Å². The van der Waals surface area contributed by atoms with Gasteiger partial charge in [-0.05, 0) is 34.0 Å². The molecule has 1 aromatic rings. The molecule has 0 radical (unpaired) electrons. The Morgan fingerprint density at radius 3 is 2.46 bits per heavy atom. The van der Waals surface area contributed by atoms with E-state index in [2.05, 4.69) is 15.9 Å². The van der Waals surface area contributed by atoms with Crippen LogP contribution in [0.2, 0.25) is 0 Å². The lowest BCUT2D eigenvalue weighted by Crippen LogP contribution is -2.03. The van der Waals surface area contributed by atoms with Gasteiger partial charge in [0.1, 0.15) is 0 Å². The molecule has 0 spiro atoms. The van der Waals surface area contributed by atoms with Crippen molar-refractivity contribution in [2.24, 2.45) is 5.73 Å². The molecule has 0 amide bonds. The van der Waals surface area contributed by atoms with Crippen LogP contribution < -0.4 is 5.73 Å². The average molecular weight is 248 g/mol. The van der Waals surface area contributed by atoms with E-state index in [1.165, 1.54) is 6.07 Å². The first-order valence-electron chi connectivity index (χ1n) is 4.00. The van der Waals surface area contributed by atoms with Gasteiger partial charge in [-0.15, -0.1) is 0 Å². The molecule has 0 bridgehead atoms. The second-order valence-electron chi connectivity index (χ2n) is 3.27. The normalized spacial score (nSPS) is 26.2. The topological polar surface area (TPSA) is 26.0 Å². The molecule has 1 aliphatic carbocycles. The van der Waals surface area contributed by atoms with Gasteiger partial charge < -0.3 is 5.73 Å². The van der Waals surface area contributed by atoms with Crippen LogP contribution in [0.4, 0.5) is 8.78 Å². The summed E-state index contributed by atoms with van der Waals surface area (Å²) in [4.78, 5) is 0. The van der Waals surface area contributed by atoms with Gasteiger partial charge in [-0.1, -0.05) is 6.07 Å². The van der Waals surface area contributed by atoms with Crippen LogP contribution in [0.1, 0.15) is 17.9 Å². The van der Waals surface area contributed by atoms with Crippen molar-refractivity contribution in [1.82, 2.24) is 0 Å². The van der Waals surface area contributed by atoms with E-state index in [0.29, 0.717) is 5.56 Å². The summed E-state index contributed by atoms with van der Waals surface area (Å²) < 4.78 is 26.5. The quantitative estimate of drug-likeness (QED) is 0.759. The molecule has 0 unspecified atom stereocenters. The number of benzene rings is 1. The summed E-state index contributed by atoms with van der Waals surface area (Å²) in [5.74, 6) is -1.59. The molecule has 2 rings (SSSR count). The minimum Gasteiger partial charge on any atom is -0.327 e. The molecule has 0 saturated heterocycles. The van der Waals surface area contributed by atoms with Crippen LogP contribution >= 0.6 is 15.9 Å². The zero-order valence-electron chi connectivity index (χ0n) is 6.73. The van der Waals surface area contributed by atoms with E-state index in [1.54, 1.807) is 6.07 Å². The van der Waals surface area contributed by atoms with Gasteiger partial charge in [0.15, 0.2) is 11.6 Å². The van der Waals surface area contributed by atoms with E-state index >= 15 is 0 Å². The smallest absolute Gasteiger partial charge is 0.173 e. The molecular weight excluding hydrogens is 240 g/mol. The fourth-order valence-electron chi connectivity index (χ4n) is 1.40. The van der Waals surface area contributed by atoms with E-state index in [0.717, 1.165) is 6.42 Å². The van der Waals surface area contributed by atoms with Crippen LogP contribution in [0.5, 0.6) is 0 Å². The summed E-state index contributed by atoms with van der Waals surface area (Å²) in [6.07, 6.45) is 0.748. The molecule has 1 saturated carbocycles. The Morgan fingerprint density at radius 2 is 1.92 bits per heavy atom. The van der Waals surface area contributed by atoms with Gasteiger partial charge in [0, 0.05) is 12.0 Å². The van der Waals surface area contributed by atoms with Crippen molar-refractivity contribution in [3.8, 4) is 0 Å². The molecule has 2 atom stereocenters. The van der Waals surface area contributed by atoms with Gasteiger partial charge in [0.05, 0.1) is 4.47 Å². The second-order valence-corrected chi connectivity index (χ2v) is 4.12. The largest absolute Gasteiger partial charge is 0.327 e. The van der Waals surface area contributed by atoms with E-state index in [9.17, 15) is 8.78 Å². The highest BCUT2D eigenvalue weighted by Crippen LogP contribution is 2.41. The lowest BCUT2D eigenvalue weighted by Gasteiger charge is -2.03. The minimum atomic E-state index is -0.823. The zero-order valence-corrected chi connectivity index (χ0v) is 8.31. The molecule has 70 valence electrons. The molecule has 1 aliphatic rings. The summed E-state index contributed by atoms with van der Waals surface area (Å²) in [6, 6.07) is 3.09. The van der Waals surface area contributed by atoms with E-state index in [4.69, 9.17) is 5.73 Å². The molecule has 0 aromatic heterocycles. The highest BCUT2D eigenvalue weighted by atomic mass is 79.9. The van der Waals surface area contributed by atoms with Crippen molar-refractivity contribution in [3.63, 3.8) is 0 Å². The lowest BCUT2D eigenvalue weighted by atomic mass is 10.1. The van der Waals surface area contributed by atoms with Crippen molar-refractivity contribution in [1.29, 1.82) is 0 Å². The Bertz CT molecular complexity index is 354. The number of hydrogen-bond donors (Lipinski definition) is 1. The van der Waals surface area contributed by atoms with E-state index < -0.39 is 11.6 Å². The maximum absolute atomic E-state index is 13.3. The predicted molar refractivity (Wildman–Crippen MR) is 49.4 cm³/mol. The molecule has 0 aliphatic heterocycles. The maximum Gasteiger partial charge on any atom is 0.173 e. The molecule has 4 heteroatoms. The highest BCUT2D eigenvalue weighted by Gasteiger charge is 2.37. The first kappa shape index (κ1) is 9.09. The highest BCUT2D eigenvalue weighted by molar-refractivity contribution is 9.10. The average Bonchev–Trinajstić information content (AvgIpc) is 2.79. The maximum atomic E-state index is 13.3. The van der Waals surface area contributed by atoms with E-state index in [1.807, 2.05) is 0 Å². The van der Waals surface area contributed by atoms with Gasteiger partial charge in [-0.25, -0.2) is 8.78 Å². The third-order valence-corrected chi connectivity index (χ3v) is 2.92. The molecule has 1 fully saturated rings. The Kier molecular flexibility index (Phi) is 2.12. The fraction of sp³-hybridized carbons (Fsp3) is 0.333. The second kappa shape index (κ2) is 3.03. The van der Waals surface area contributed by atoms with E-state index in [-0.39, 0.29) is 16.4 Å². The van der Waals surface area contributed by atoms with Crippen LogP contribution in [-0.4, -0.2) is 6.04 Å².